The fraction of sp³-hybridized carbons (Fsp3) is 0.267. The van der Waals surface area contributed by atoms with Crippen LogP contribution in [0.15, 0.2) is 47.8 Å². The van der Waals surface area contributed by atoms with E-state index in [9.17, 15) is 4.79 Å². The first kappa shape index (κ1) is 15.3. The summed E-state index contributed by atoms with van der Waals surface area (Å²) in [5.41, 5.74) is 6.63. The molecule has 0 aliphatic carbocycles. The first-order chi connectivity index (χ1) is 10.1. The van der Waals surface area contributed by atoms with E-state index in [1.54, 1.807) is 11.1 Å². The molecular weight excluding hydrogens is 284 g/mol. The van der Waals surface area contributed by atoms with Gasteiger partial charge in [-0.05, 0) is 26.0 Å². The molecule has 1 aromatic heterocycles. The second kappa shape index (κ2) is 7.08. The van der Waals surface area contributed by atoms with E-state index in [2.05, 4.69) is 9.97 Å². The number of amides is 1. The van der Waals surface area contributed by atoms with E-state index in [1.165, 1.54) is 18.0 Å². The van der Waals surface area contributed by atoms with Crippen LogP contribution in [0.4, 0.5) is 11.5 Å². The minimum absolute atomic E-state index is 0.0197. The summed E-state index contributed by atoms with van der Waals surface area (Å²) in [6, 6.07) is 9.72. The smallest absolute Gasteiger partial charge is 0.237 e. The molecule has 0 unspecified atom stereocenters. The predicted molar refractivity (Wildman–Crippen MR) is 86.2 cm³/mol. The zero-order chi connectivity index (χ0) is 15.2. The molecule has 0 saturated heterocycles. The maximum Gasteiger partial charge on any atom is 0.237 e. The van der Waals surface area contributed by atoms with Gasteiger partial charge >= 0.3 is 0 Å². The molecule has 0 bridgehead atoms. The van der Waals surface area contributed by atoms with Gasteiger partial charge < -0.3 is 10.6 Å². The molecule has 0 aliphatic rings. The average Bonchev–Trinajstić information content (AvgIpc) is 2.47. The van der Waals surface area contributed by atoms with E-state index in [-0.39, 0.29) is 17.7 Å². The van der Waals surface area contributed by atoms with Crippen molar-refractivity contribution in [3.05, 3.63) is 42.7 Å². The van der Waals surface area contributed by atoms with Gasteiger partial charge in [0.1, 0.15) is 5.03 Å². The zero-order valence-corrected chi connectivity index (χ0v) is 12.9. The Hall–Kier alpha value is -2.08. The lowest BCUT2D eigenvalue weighted by Gasteiger charge is -2.26. The molecule has 0 saturated carbocycles. The SMILES string of the molecule is CC(C)N(C(=O)CSc1nccnc1N)c1ccccc1. The Labute approximate surface area is 128 Å². The van der Waals surface area contributed by atoms with Gasteiger partial charge in [-0.3, -0.25) is 4.79 Å². The van der Waals surface area contributed by atoms with Gasteiger partial charge in [-0.25, -0.2) is 9.97 Å². The van der Waals surface area contributed by atoms with Gasteiger partial charge in [0, 0.05) is 24.1 Å². The highest BCUT2D eigenvalue weighted by atomic mass is 32.2. The highest BCUT2D eigenvalue weighted by molar-refractivity contribution is 8.00. The Morgan fingerprint density at radius 2 is 1.90 bits per heavy atom. The summed E-state index contributed by atoms with van der Waals surface area (Å²) in [5, 5.41) is 0.586. The summed E-state index contributed by atoms with van der Waals surface area (Å²) in [6.07, 6.45) is 3.10. The molecule has 0 aliphatic heterocycles. The summed E-state index contributed by atoms with van der Waals surface area (Å²) in [6.45, 7) is 3.98. The molecule has 2 N–H and O–H groups in total. The van der Waals surface area contributed by atoms with Gasteiger partial charge in [0.05, 0.1) is 5.75 Å². The van der Waals surface area contributed by atoms with Crippen LogP contribution in [0.25, 0.3) is 0 Å². The van der Waals surface area contributed by atoms with Crippen molar-refractivity contribution in [2.75, 3.05) is 16.4 Å². The van der Waals surface area contributed by atoms with Crippen LogP contribution in [0.1, 0.15) is 13.8 Å². The van der Waals surface area contributed by atoms with Crippen molar-refractivity contribution >= 4 is 29.2 Å². The standard InChI is InChI=1S/C15H18N4OS/c1-11(2)19(12-6-4-3-5-7-12)13(20)10-21-15-14(16)17-8-9-18-15/h3-9,11H,10H2,1-2H3,(H2,16,17). The van der Waals surface area contributed by atoms with Gasteiger partial charge in [0.25, 0.3) is 0 Å². The maximum atomic E-state index is 12.5. The number of aromatic nitrogens is 2. The lowest BCUT2D eigenvalue weighted by molar-refractivity contribution is -0.116. The predicted octanol–water partition coefficient (Wildman–Crippen LogP) is 2.59. The topological polar surface area (TPSA) is 72.1 Å². The Kier molecular flexibility index (Phi) is 5.16. The largest absolute Gasteiger partial charge is 0.381 e. The van der Waals surface area contributed by atoms with Crippen LogP contribution in [0.3, 0.4) is 0 Å². The maximum absolute atomic E-state index is 12.5. The van der Waals surface area contributed by atoms with Gasteiger partial charge in [-0.1, -0.05) is 30.0 Å². The van der Waals surface area contributed by atoms with Crippen molar-refractivity contribution in [1.29, 1.82) is 0 Å². The minimum atomic E-state index is 0.0197. The van der Waals surface area contributed by atoms with Gasteiger partial charge in [-0.15, -0.1) is 0 Å². The summed E-state index contributed by atoms with van der Waals surface area (Å²) < 4.78 is 0. The molecule has 2 aromatic rings. The molecule has 110 valence electrons. The molecule has 1 heterocycles. The number of nitrogens with zero attached hydrogens (tertiary/aromatic N) is 3. The molecule has 5 nitrogen and oxygen atoms in total. The second-order valence-electron chi connectivity index (χ2n) is 4.73. The molecule has 0 fully saturated rings. The summed E-state index contributed by atoms with van der Waals surface area (Å²) >= 11 is 1.31. The zero-order valence-electron chi connectivity index (χ0n) is 12.1. The van der Waals surface area contributed by atoms with Crippen LogP contribution in [-0.4, -0.2) is 27.7 Å². The number of carbonyl (C=O) groups is 1. The van der Waals surface area contributed by atoms with Crippen LogP contribution >= 0.6 is 11.8 Å². The number of hydrogen-bond donors (Lipinski definition) is 1. The van der Waals surface area contributed by atoms with E-state index in [4.69, 9.17) is 5.73 Å². The van der Waals surface area contributed by atoms with Crippen molar-refractivity contribution in [3.63, 3.8) is 0 Å². The van der Waals surface area contributed by atoms with Crippen LogP contribution in [-0.2, 0) is 4.79 Å². The average molecular weight is 302 g/mol. The number of thioether (sulfide) groups is 1. The van der Waals surface area contributed by atoms with Gasteiger partial charge in [-0.2, -0.15) is 0 Å². The number of rotatable bonds is 5. The number of para-hydroxylation sites is 1. The van der Waals surface area contributed by atoms with Crippen LogP contribution in [0.2, 0.25) is 0 Å². The van der Waals surface area contributed by atoms with E-state index in [1.807, 2.05) is 44.2 Å². The summed E-state index contributed by atoms with van der Waals surface area (Å²) in [7, 11) is 0. The van der Waals surface area contributed by atoms with Crippen molar-refractivity contribution in [3.8, 4) is 0 Å². The third kappa shape index (κ3) is 3.95. The Balaban J connectivity index is 2.08. The highest BCUT2D eigenvalue weighted by Crippen LogP contribution is 2.23. The number of nitrogen functional groups attached to an aromatic ring is 1. The van der Waals surface area contributed by atoms with Gasteiger partial charge in [0.15, 0.2) is 5.82 Å². The molecule has 1 aromatic carbocycles. The van der Waals surface area contributed by atoms with E-state index in [0.717, 1.165) is 5.69 Å². The fourth-order valence-electron chi connectivity index (χ4n) is 1.97. The molecule has 0 radical (unpaired) electrons. The third-order valence-corrected chi connectivity index (χ3v) is 3.82. The number of carbonyl (C=O) groups excluding carboxylic acids is 1. The molecule has 6 heteroatoms. The molecular formula is C15H18N4OS. The summed E-state index contributed by atoms with van der Waals surface area (Å²) in [4.78, 5) is 22.4. The van der Waals surface area contributed by atoms with E-state index >= 15 is 0 Å². The van der Waals surface area contributed by atoms with E-state index in [0.29, 0.717) is 10.8 Å². The normalized spacial score (nSPS) is 10.6. The first-order valence-corrected chi connectivity index (χ1v) is 7.64. The minimum Gasteiger partial charge on any atom is -0.381 e. The number of nitrogens with two attached hydrogens (primary N) is 1. The highest BCUT2D eigenvalue weighted by Gasteiger charge is 2.19. The van der Waals surface area contributed by atoms with Crippen molar-refractivity contribution in [2.45, 2.75) is 24.9 Å². The number of hydrogen-bond acceptors (Lipinski definition) is 5. The first-order valence-electron chi connectivity index (χ1n) is 6.66. The Morgan fingerprint density at radius 1 is 1.24 bits per heavy atom. The molecule has 0 spiro atoms. The lowest BCUT2D eigenvalue weighted by atomic mass is 10.2. The fourth-order valence-corrected chi connectivity index (χ4v) is 2.70. The molecule has 2 rings (SSSR count). The Bertz CT molecular complexity index is 604. The second-order valence-corrected chi connectivity index (χ2v) is 5.69. The Morgan fingerprint density at radius 3 is 2.52 bits per heavy atom. The van der Waals surface area contributed by atoms with Crippen molar-refractivity contribution in [2.24, 2.45) is 0 Å². The van der Waals surface area contributed by atoms with Crippen molar-refractivity contribution < 1.29 is 4.79 Å². The number of benzene rings is 1. The van der Waals surface area contributed by atoms with Gasteiger partial charge in [0.2, 0.25) is 5.91 Å². The third-order valence-electron chi connectivity index (χ3n) is 2.84. The van der Waals surface area contributed by atoms with Crippen LogP contribution in [0.5, 0.6) is 0 Å². The molecule has 0 atom stereocenters. The molecule has 1 amide bonds. The number of anilines is 2. The van der Waals surface area contributed by atoms with Crippen LogP contribution < -0.4 is 10.6 Å². The van der Waals surface area contributed by atoms with E-state index < -0.39 is 0 Å². The monoisotopic (exact) mass is 302 g/mol. The van der Waals surface area contributed by atoms with Crippen LogP contribution in [0, 0.1) is 0 Å². The molecule has 21 heavy (non-hydrogen) atoms. The van der Waals surface area contributed by atoms with Crippen molar-refractivity contribution in [1.82, 2.24) is 9.97 Å². The quantitative estimate of drug-likeness (QED) is 0.860. The lowest BCUT2D eigenvalue weighted by Crippen LogP contribution is -2.38. The summed E-state index contributed by atoms with van der Waals surface area (Å²) in [5.74, 6) is 0.646.